The molecule has 398 valence electrons. The molecule has 1 heterocycles. The molecule has 0 saturated heterocycles. The fraction of sp³-hybridized carbons (Fsp3) is 0.797. The monoisotopic (exact) mass is 961 g/mol. The van der Waals surface area contributed by atoms with Gasteiger partial charge in [-0.25, -0.2) is 0 Å². The summed E-state index contributed by atoms with van der Waals surface area (Å²) in [4.78, 5) is 12.3. The Morgan fingerprint density at radius 3 is 1.54 bits per heavy atom. The van der Waals surface area contributed by atoms with Crippen LogP contribution in [0.3, 0.4) is 0 Å². The summed E-state index contributed by atoms with van der Waals surface area (Å²) in [5, 5.41) is 21.3. The number of aromatic hydroxyl groups is 2. The summed E-state index contributed by atoms with van der Waals surface area (Å²) in [6.07, 6.45) is 36.6. The van der Waals surface area contributed by atoms with Crippen molar-refractivity contribution < 1.29 is 24.5 Å². The lowest BCUT2D eigenvalue weighted by Crippen LogP contribution is -2.37. The van der Waals surface area contributed by atoms with Crippen molar-refractivity contribution >= 4 is 5.97 Å². The molecule has 3 atom stereocenters. The summed E-state index contributed by atoms with van der Waals surface area (Å²) < 4.78 is 12.1. The highest BCUT2D eigenvalue weighted by molar-refractivity contribution is 5.69. The molecule has 1 aliphatic heterocycles. The van der Waals surface area contributed by atoms with Gasteiger partial charge >= 0.3 is 5.97 Å². The van der Waals surface area contributed by atoms with Crippen LogP contribution >= 0.6 is 0 Å². The zero-order valence-corrected chi connectivity index (χ0v) is 48.2. The maximum atomic E-state index is 12.3. The lowest BCUT2D eigenvalue weighted by atomic mass is 9.78. The molecule has 3 rings (SSSR count). The van der Waals surface area contributed by atoms with Gasteiger partial charge in [-0.3, -0.25) is 4.79 Å². The lowest BCUT2D eigenvalue weighted by Gasteiger charge is -2.38. The second-order valence-electron chi connectivity index (χ2n) is 25.0. The van der Waals surface area contributed by atoms with Crippen molar-refractivity contribution in [1.82, 2.24) is 0 Å². The molecule has 0 aliphatic carbocycles. The molecule has 2 N–H and O–H groups in total. The van der Waals surface area contributed by atoms with E-state index in [0.29, 0.717) is 30.9 Å². The van der Waals surface area contributed by atoms with Crippen molar-refractivity contribution in [2.75, 3.05) is 6.61 Å². The summed E-state index contributed by atoms with van der Waals surface area (Å²) >= 11 is 0. The molecule has 0 fully saturated rings. The number of hydrogen-bond donors (Lipinski definition) is 2. The Balaban J connectivity index is 0.000000483. The number of unbranched alkanes of at least 4 members (excludes halogenated alkanes) is 15. The van der Waals surface area contributed by atoms with E-state index in [1.54, 1.807) is 0 Å². The van der Waals surface area contributed by atoms with E-state index in [9.17, 15) is 15.0 Å². The number of aryl methyl sites for hydroxylation is 1. The highest BCUT2D eigenvalue weighted by Crippen LogP contribution is 2.45. The van der Waals surface area contributed by atoms with Crippen molar-refractivity contribution in [2.24, 2.45) is 17.8 Å². The summed E-state index contributed by atoms with van der Waals surface area (Å²) in [6.45, 7) is 33.4. The average molecular weight is 962 g/mol. The molecule has 0 unspecified atom stereocenters. The van der Waals surface area contributed by atoms with Gasteiger partial charge in [0.2, 0.25) is 0 Å². The van der Waals surface area contributed by atoms with E-state index in [1.807, 2.05) is 13.8 Å². The Bertz CT molecular complexity index is 1690. The van der Waals surface area contributed by atoms with E-state index in [1.165, 1.54) is 147 Å². The summed E-state index contributed by atoms with van der Waals surface area (Å²) in [5.74, 6) is 4.31. The minimum atomic E-state index is -0.159. The molecular weight excluding hydrogens is 849 g/mol. The molecule has 1 aliphatic rings. The molecule has 2 aromatic carbocycles. The van der Waals surface area contributed by atoms with Crippen LogP contribution in [-0.4, -0.2) is 28.4 Å². The Morgan fingerprint density at radius 1 is 0.623 bits per heavy atom. The standard InChI is InChI=1S/C35H62O3.C29H50O2/c1-8-9-10-11-12-13-14-15-16-17-18-19-20-21-22-23-26-38-32(36)25-24-29-27-30(34(2,3)4)33(37)31(28-29)35(5,6)7;1-20(2)12-9-13-21(3)14-10-15-22(4)16-11-18-29(8)19-17-26-25(7)27(30)23(5)24(6)28(26)31-29/h27-28,37H,8-26H2,1-7H3;20-22,30H,9-19H2,1-8H3/t;21-,22-,29-/m.1/s1. The normalized spacial score (nSPS) is 15.9. The van der Waals surface area contributed by atoms with Gasteiger partial charge < -0.3 is 19.7 Å². The average Bonchev–Trinajstić information content (AvgIpc) is 3.27. The summed E-state index contributed by atoms with van der Waals surface area (Å²) in [7, 11) is 0. The molecule has 5 heteroatoms. The molecule has 0 spiro atoms. The maximum Gasteiger partial charge on any atom is 0.306 e. The SMILES string of the molecule is CCCCCCCCCCCCCCCCCCOC(=O)CCc1cc(C(C)(C)C)c(O)c(C(C)(C)C)c1.Cc1c(C)c2c(c(C)c1O)CC[C@@](C)(CCC[C@H](C)CCC[C@H](C)CCCC(C)C)O2. The van der Waals surface area contributed by atoms with E-state index in [0.717, 1.165) is 89.0 Å². The number of phenols is 2. The van der Waals surface area contributed by atoms with Crippen LogP contribution in [0.25, 0.3) is 0 Å². The molecule has 5 nitrogen and oxygen atoms in total. The zero-order chi connectivity index (χ0) is 51.6. The summed E-state index contributed by atoms with van der Waals surface area (Å²) in [6, 6.07) is 4.13. The summed E-state index contributed by atoms with van der Waals surface area (Å²) in [5.41, 5.74) is 6.90. The van der Waals surface area contributed by atoms with Crippen LogP contribution in [0.5, 0.6) is 17.2 Å². The fourth-order valence-corrected chi connectivity index (χ4v) is 10.4. The lowest BCUT2D eigenvalue weighted by molar-refractivity contribution is -0.143. The molecule has 0 bridgehead atoms. The van der Waals surface area contributed by atoms with Crippen LogP contribution < -0.4 is 4.74 Å². The molecular formula is C64H112O5. The van der Waals surface area contributed by atoms with Gasteiger partial charge in [-0.2, -0.15) is 0 Å². The number of phenolic OH excluding ortho intramolecular Hbond substituents is 2. The van der Waals surface area contributed by atoms with Crippen LogP contribution in [0.4, 0.5) is 0 Å². The minimum absolute atomic E-state index is 0.0712. The van der Waals surface area contributed by atoms with Gasteiger partial charge in [0.25, 0.3) is 0 Å². The van der Waals surface area contributed by atoms with Gasteiger partial charge in [-0.15, -0.1) is 0 Å². The topological polar surface area (TPSA) is 76.0 Å². The van der Waals surface area contributed by atoms with Gasteiger partial charge in [0.15, 0.2) is 0 Å². The third kappa shape index (κ3) is 24.5. The number of ether oxygens (including phenoxy) is 2. The van der Waals surface area contributed by atoms with Crippen molar-refractivity contribution in [1.29, 1.82) is 0 Å². The quantitative estimate of drug-likeness (QED) is 0.0564. The number of carbonyl (C=O) groups excluding carboxylic acids is 1. The maximum absolute atomic E-state index is 12.3. The van der Waals surface area contributed by atoms with Crippen LogP contribution in [0.1, 0.15) is 295 Å². The third-order valence-corrected chi connectivity index (χ3v) is 15.5. The third-order valence-electron chi connectivity index (χ3n) is 15.5. The van der Waals surface area contributed by atoms with E-state index in [2.05, 4.69) is 102 Å². The van der Waals surface area contributed by atoms with Gasteiger partial charge in [0.1, 0.15) is 22.8 Å². The first-order chi connectivity index (χ1) is 32.5. The van der Waals surface area contributed by atoms with Crippen LogP contribution in [0.15, 0.2) is 12.1 Å². The first-order valence-electron chi connectivity index (χ1n) is 29.0. The molecule has 69 heavy (non-hydrogen) atoms. The Labute approximate surface area is 427 Å². The zero-order valence-electron chi connectivity index (χ0n) is 48.2. The molecule has 0 radical (unpaired) electrons. The van der Waals surface area contributed by atoms with Crippen molar-refractivity contribution in [3.8, 4) is 17.2 Å². The highest BCUT2D eigenvalue weighted by Gasteiger charge is 2.34. The van der Waals surface area contributed by atoms with Crippen LogP contribution in [-0.2, 0) is 33.2 Å². The Hall–Kier alpha value is -2.69. The van der Waals surface area contributed by atoms with E-state index in [4.69, 9.17) is 9.47 Å². The first kappa shape index (κ1) is 62.4. The number of benzene rings is 2. The first-order valence-corrected chi connectivity index (χ1v) is 29.0. The van der Waals surface area contributed by atoms with Crippen LogP contribution in [0, 0.1) is 38.5 Å². The van der Waals surface area contributed by atoms with Crippen molar-refractivity contribution in [2.45, 2.75) is 306 Å². The second kappa shape index (κ2) is 32.4. The van der Waals surface area contributed by atoms with Crippen molar-refractivity contribution in [3.05, 3.63) is 51.1 Å². The molecule has 0 aromatic heterocycles. The van der Waals surface area contributed by atoms with Gasteiger partial charge in [-0.1, -0.05) is 230 Å². The minimum Gasteiger partial charge on any atom is -0.507 e. The van der Waals surface area contributed by atoms with Gasteiger partial charge in [-0.05, 0) is 128 Å². The largest absolute Gasteiger partial charge is 0.507 e. The van der Waals surface area contributed by atoms with Gasteiger partial charge in [0.05, 0.1) is 6.61 Å². The van der Waals surface area contributed by atoms with Crippen molar-refractivity contribution in [3.63, 3.8) is 0 Å². The van der Waals surface area contributed by atoms with Crippen LogP contribution in [0.2, 0.25) is 0 Å². The second-order valence-corrected chi connectivity index (χ2v) is 25.0. The highest BCUT2D eigenvalue weighted by atomic mass is 16.5. The number of hydrogen-bond acceptors (Lipinski definition) is 5. The smallest absolute Gasteiger partial charge is 0.306 e. The number of carbonyl (C=O) groups is 1. The molecule has 0 amide bonds. The van der Waals surface area contributed by atoms with E-state index >= 15 is 0 Å². The van der Waals surface area contributed by atoms with E-state index < -0.39 is 0 Å². The molecule has 2 aromatic rings. The number of rotatable bonds is 32. The predicted molar refractivity (Wildman–Crippen MR) is 299 cm³/mol. The Kier molecular flexibility index (Phi) is 29.3. The van der Waals surface area contributed by atoms with Gasteiger partial charge in [0, 0.05) is 12.0 Å². The Morgan fingerprint density at radius 2 is 1.07 bits per heavy atom. The number of fused-ring (bicyclic) bond motifs is 1. The fourth-order valence-electron chi connectivity index (χ4n) is 10.4. The van der Waals surface area contributed by atoms with E-state index in [-0.39, 0.29) is 22.4 Å². The molecule has 0 saturated carbocycles. The predicted octanol–water partition coefficient (Wildman–Crippen LogP) is 19.6. The number of esters is 1.